The Bertz CT molecular complexity index is 295. The highest BCUT2D eigenvalue weighted by atomic mass is 19.2. The van der Waals surface area contributed by atoms with E-state index in [1.54, 1.807) is 6.07 Å². The molecule has 0 bridgehead atoms. The van der Waals surface area contributed by atoms with Crippen molar-refractivity contribution in [3.8, 4) is 0 Å². The van der Waals surface area contributed by atoms with Crippen molar-refractivity contribution < 1.29 is 8.78 Å². The minimum atomic E-state index is -0.763. The molecule has 1 nitrogen and oxygen atoms in total. The van der Waals surface area contributed by atoms with Gasteiger partial charge >= 0.3 is 0 Å². The van der Waals surface area contributed by atoms with Crippen LogP contribution in [0, 0.1) is 11.6 Å². The van der Waals surface area contributed by atoms with E-state index >= 15 is 0 Å². The van der Waals surface area contributed by atoms with Gasteiger partial charge in [0.2, 0.25) is 0 Å². The van der Waals surface area contributed by atoms with E-state index in [4.69, 9.17) is 0 Å². The highest BCUT2D eigenvalue weighted by Gasteiger charge is 2.22. The van der Waals surface area contributed by atoms with Crippen LogP contribution in [-0.2, 0) is 0 Å². The maximum Gasteiger partial charge on any atom is 0.163 e. The minimum Gasteiger partial charge on any atom is -0.310 e. The van der Waals surface area contributed by atoms with Crippen molar-refractivity contribution in [1.82, 2.24) is 5.32 Å². The summed E-state index contributed by atoms with van der Waals surface area (Å²) < 4.78 is 25.8. The Hall–Kier alpha value is -0.960. The Kier molecular flexibility index (Phi) is 1.81. The van der Waals surface area contributed by atoms with Gasteiger partial charge in [0, 0.05) is 11.6 Å². The van der Waals surface area contributed by atoms with E-state index in [0.717, 1.165) is 19.0 Å². The predicted molar refractivity (Wildman–Crippen MR) is 41.7 cm³/mol. The smallest absolute Gasteiger partial charge is 0.163 e. The third-order valence-electron chi connectivity index (χ3n) is 2.18. The van der Waals surface area contributed by atoms with Gasteiger partial charge in [0.05, 0.1) is 0 Å². The summed E-state index contributed by atoms with van der Waals surface area (Å²) in [6.45, 7) is 0.890. The summed E-state index contributed by atoms with van der Waals surface area (Å²) in [4.78, 5) is 0. The summed E-state index contributed by atoms with van der Waals surface area (Å²) in [5.74, 6) is -1.48. The van der Waals surface area contributed by atoms with Crippen LogP contribution in [0.1, 0.15) is 18.0 Å². The van der Waals surface area contributed by atoms with E-state index < -0.39 is 11.6 Å². The molecule has 12 heavy (non-hydrogen) atoms. The molecule has 1 heterocycles. The van der Waals surface area contributed by atoms with E-state index in [1.807, 2.05) is 0 Å². The number of nitrogens with one attached hydrogen (secondary N) is 1. The van der Waals surface area contributed by atoms with Crippen LogP contribution in [0.2, 0.25) is 0 Å². The SMILES string of the molecule is Fc1cccc([C@@H]2CCN2)c1F. The van der Waals surface area contributed by atoms with E-state index in [1.165, 1.54) is 6.07 Å². The molecule has 0 amide bonds. The molecule has 1 aromatic rings. The van der Waals surface area contributed by atoms with E-state index in [0.29, 0.717) is 5.56 Å². The molecular weight excluding hydrogens is 160 g/mol. The van der Waals surface area contributed by atoms with Gasteiger partial charge in [0.25, 0.3) is 0 Å². The molecule has 1 fully saturated rings. The van der Waals surface area contributed by atoms with Crippen molar-refractivity contribution in [2.75, 3.05) is 6.54 Å². The topological polar surface area (TPSA) is 12.0 Å². The molecule has 1 saturated heterocycles. The fourth-order valence-corrected chi connectivity index (χ4v) is 1.34. The molecule has 0 aliphatic carbocycles. The van der Waals surface area contributed by atoms with Gasteiger partial charge in [-0.3, -0.25) is 0 Å². The van der Waals surface area contributed by atoms with Gasteiger partial charge in [0.1, 0.15) is 0 Å². The number of benzene rings is 1. The third kappa shape index (κ3) is 1.10. The molecule has 1 atom stereocenters. The van der Waals surface area contributed by atoms with Crippen molar-refractivity contribution in [1.29, 1.82) is 0 Å². The fourth-order valence-electron chi connectivity index (χ4n) is 1.34. The van der Waals surface area contributed by atoms with Crippen LogP contribution in [0.25, 0.3) is 0 Å². The zero-order valence-electron chi connectivity index (χ0n) is 6.48. The molecular formula is C9H9F2N. The van der Waals surface area contributed by atoms with Crippen molar-refractivity contribution in [2.24, 2.45) is 0 Å². The maximum absolute atomic E-state index is 13.1. The van der Waals surface area contributed by atoms with Crippen LogP contribution in [0.15, 0.2) is 18.2 Å². The lowest BCUT2D eigenvalue weighted by Crippen LogP contribution is -2.35. The van der Waals surface area contributed by atoms with Gasteiger partial charge in [-0.05, 0) is 19.0 Å². The summed E-state index contributed by atoms with van der Waals surface area (Å²) in [5.41, 5.74) is 0.446. The first-order valence-corrected chi connectivity index (χ1v) is 3.96. The van der Waals surface area contributed by atoms with Gasteiger partial charge in [-0.2, -0.15) is 0 Å². The Morgan fingerprint density at radius 2 is 2.08 bits per heavy atom. The molecule has 1 aliphatic heterocycles. The van der Waals surface area contributed by atoms with Crippen LogP contribution in [0.3, 0.4) is 0 Å². The molecule has 2 rings (SSSR count). The average molecular weight is 169 g/mol. The zero-order valence-corrected chi connectivity index (χ0v) is 6.48. The van der Waals surface area contributed by atoms with Crippen molar-refractivity contribution in [2.45, 2.75) is 12.5 Å². The Balaban J connectivity index is 2.36. The van der Waals surface area contributed by atoms with Crippen molar-refractivity contribution in [3.63, 3.8) is 0 Å². The molecule has 0 unspecified atom stereocenters. The van der Waals surface area contributed by atoms with Crippen molar-refractivity contribution >= 4 is 0 Å². The molecule has 64 valence electrons. The molecule has 0 spiro atoms. The molecule has 3 heteroatoms. The Morgan fingerprint density at radius 1 is 1.33 bits per heavy atom. The van der Waals surface area contributed by atoms with Crippen LogP contribution < -0.4 is 5.32 Å². The second kappa shape index (κ2) is 2.83. The normalized spacial score (nSPS) is 22.0. The lowest BCUT2D eigenvalue weighted by atomic mass is 9.97. The summed E-state index contributed by atoms with van der Waals surface area (Å²) in [6, 6.07) is 4.31. The van der Waals surface area contributed by atoms with Gasteiger partial charge in [-0.25, -0.2) is 8.78 Å². The lowest BCUT2D eigenvalue weighted by Gasteiger charge is -2.28. The highest BCUT2D eigenvalue weighted by Crippen LogP contribution is 2.25. The summed E-state index contributed by atoms with van der Waals surface area (Å²) in [7, 11) is 0. The third-order valence-corrected chi connectivity index (χ3v) is 2.18. The van der Waals surface area contributed by atoms with Gasteiger partial charge in [-0.15, -0.1) is 0 Å². The second-order valence-electron chi connectivity index (χ2n) is 2.94. The first kappa shape index (κ1) is 7.68. The number of hydrogen-bond acceptors (Lipinski definition) is 1. The van der Waals surface area contributed by atoms with Crippen LogP contribution in [0.4, 0.5) is 8.78 Å². The van der Waals surface area contributed by atoms with Crippen LogP contribution in [-0.4, -0.2) is 6.54 Å². The largest absolute Gasteiger partial charge is 0.310 e. The predicted octanol–water partition coefficient (Wildman–Crippen LogP) is 2.00. The van der Waals surface area contributed by atoms with Gasteiger partial charge < -0.3 is 5.32 Å². The maximum atomic E-state index is 13.1. The standard InChI is InChI=1S/C9H9F2N/c10-7-3-1-2-6(9(7)11)8-4-5-12-8/h1-3,8,12H,4-5H2/t8-/m0/s1. The number of hydrogen-bond donors (Lipinski definition) is 1. The molecule has 0 radical (unpaired) electrons. The minimum absolute atomic E-state index is 0.0145. The first-order valence-electron chi connectivity index (χ1n) is 3.96. The van der Waals surface area contributed by atoms with Gasteiger partial charge in [0.15, 0.2) is 11.6 Å². The number of rotatable bonds is 1. The lowest BCUT2D eigenvalue weighted by molar-refractivity contribution is 0.363. The molecule has 0 saturated carbocycles. The summed E-state index contributed by atoms with van der Waals surface area (Å²) in [6.07, 6.45) is 0.889. The zero-order chi connectivity index (χ0) is 8.55. The molecule has 1 aliphatic rings. The summed E-state index contributed by atoms with van der Waals surface area (Å²) in [5, 5.41) is 3.02. The second-order valence-corrected chi connectivity index (χ2v) is 2.94. The fraction of sp³-hybridized carbons (Fsp3) is 0.333. The summed E-state index contributed by atoms with van der Waals surface area (Å²) >= 11 is 0. The van der Waals surface area contributed by atoms with Crippen molar-refractivity contribution in [3.05, 3.63) is 35.4 Å². The average Bonchev–Trinajstić information content (AvgIpc) is 1.95. The van der Waals surface area contributed by atoms with E-state index in [9.17, 15) is 8.78 Å². The van der Waals surface area contributed by atoms with Crippen LogP contribution in [0.5, 0.6) is 0 Å². The van der Waals surface area contributed by atoms with Gasteiger partial charge in [-0.1, -0.05) is 12.1 Å². The number of halogens is 2. The first-order chi connectivity index (χ1) is 5.79. The molecule has 1 N–H and O–H groups in total. The Labute approximate surface area is 69.4 Å². The Morgan fingerprint density at radius 3 is 2.67 bits per heavy atom. The monoisotopic (exact) mass is 169 g/mol. The van der Waals surface area contributed by atoms with E-state index in [-0.39, 0.29) is 6.04 Å². The molecule has 1 aromatic carbocycles. The van der Waals surface area contributed by atoms with E-state index in [2.05, 4.69) is 5.32 Å². The highest BCUT2D eigenvalue weighted by molar-refractivity contribution is 5.23. The molecule has 0 aromatic heterocycles. The van der Waals surface area contributed by atoms with Crippen LogP contribution >= 0.6 is 0 Å². The quantitative estimate of drug-likeness (QED) is 0.678.